The van der Waals surface area contributed by atoms with E-state index in [4.69, 9.17) is 5.11 Å². The van der Waals surface area contributed by atoms with Crippen molar-refractivity contribution in [3.05, 3.63) is 0 Å². The van der Waals surface area contributed by atoms with E-state index in [1.807, 2.05) is 0 Å². The quantitative estimate of drug-likeness (QED) is 0.576. The van der Waals surface area contributed by atoms with Crippen molar-refractivity contribution in [2.75, 3.05) is 19.6 Å². The summed E-state index contributed by atoms with van der Waals surface area (Å²) in [5.74, 6) is -0.500. The van der Waals surface area contributed by atoms with Crippen molar-refractivity contribution >= 4 is 11.9 Å². The number of nitrogens with one attached hydrogen (secondary N) is 2. The van der Waals surface area contributed by atoms with Gasteiger partial charge < -0.3 is 15.7 Å². The van der Waals surface area contributed by atoms with Gasteiger partial charge in [0.15, 0.2) is 0 Å². The van der Waals surface area contributed by atoms with E-state index in [0.29, 0.717) is 13.0 Å². The number of carboxylic acids is 1. The van der Waals surface area contributed by atoms with Gasteiger partial charge >= 0.3 is 5.97 Å². The van der Waals surface area contributed by atoms with E-state index in [-0.39, 0.29) is 18.2 Å². The van der Waals surface area contributed by atoms with E-state index in [0.717, 1.165) is 38.8 Å². The third kappa shape index (κ3) is 6.26. The molecule has 1 aliphatic heterocycles. The van der Waals surface area contributed by atoms with Gasteiger partial charge in [0, 0.05) is 19.5 Å². The molecule has 0 bridgehead atoms. The lowest BCUT2D eigenvalue weighted by Gasteiger charge is -2.21. The Kier molecular flexibility index (Phi) is 6.62. The van der Waals surface area contributed by atoms with Crippen LogP contribution in [0.5, 0.6) is 0 Å². The summed E-state index contributed by atoms with van der Waals surface area (Å²) in [6.45, 7) is 2.46. The topological polar surface area (TPSA) is 78.4 Å². The molecule has 1 unspecified atom stereocenters. The predicted molar refractivity (Wildman–Crippen MR) is 64.7 cm³/mol. The van der Waals surface area contributed by atoms with Crippen LogP contribution >= 0.6 is 0 Å². The molecule has 5 heteroatoms. The summed E-state index contributed by atoms with van der Waals surface area (Å²) in [5, 5.41) is 14.6. The first-order valence-electron chi connectivity index (χ1n) is 6.40. The standard InChI is InChI=1S/C12H22N2O3/c15-11(16)6-2-1-3-8-14-12(17)10-5-4-7-13-9-10/h10,13H,1-9H2,(H,14,17)(H,15,16). The van der Waals surface area contributed by atoms with Gasteiger partial charge in [-0.3, -0.25) is 9.59 Å². The van der Waals surface area contributed by atoms with Crippen molar-refractivity contribution in [3.63, 3.8) is 0 Å². The predicted octanol–water partition coefficient (Wildman–Crippen LogP) is 0.747. The molecule has 1 rings (SSSR count). The number of unbranched alkanes of at least 4 members (excludes halogenated alkanes) is 2. The Balaban J connectivity index is 1.98. The number of aliphatic carboxylic acids is 1. The number of hydrogen-bond acceptors (Lipinski definition) is 3. The Labute approximate surface area is 102 Å². The second-order valence-corrected chi connectivity index (χ2v) is 4.54. The van der Waals surface area contributed by atoms with E-state index in [1.54, 1.807) is 0 Å². The van der Waals surface area contributed by atoms with Crippen LogP contribution in [-0.4, -0.2) is 36.6 Å². The molecule has 0 aromatic carbocycles. The molecule has 3 N–H and O–H groups in total. The molecule has 1 fully saturated rings. The van der Waals surface area contributed by atoms with Crippen LogP contribution in [0.25, 0.3) is 0 Å². The number of hydrogen-bond donors (Lipinski definition) is 3. The van der Waals surface area contributed by atoms with Crippen LogP contribution in [0.2, 0.25) is 0 Å². The Hall–Kier alpha value is -1.10. The Morgan fingerprint density at radius 1 is 1.29 bits per heavy atom. The second kappa shape index (κ2) is 8.06. The zero-order valence-corrected chi connectivity index (χ0v) is 10.2. The van der Waals surface area contributed by atoms with Crippen LogP contribution in [0.15, 0.2) is 0 Å². The number of carboxylic acid groups (broad SMARTS) is 1. The number of carbonyl (C=O) groups is 2. The smallest absolute Gasteiger partial charge is 0.303 e. The van der Waals surface area contributed by atoms with Crippen molar-refractivity contribution in [2.24, 2.45) is 5.92 Å². The zero-order valence-electron chi connectivity index (χ0n) is 10.2. The molecule has 1 amide bonds. The van der Waals surface area contributed by atoms with Gasteiger partial charge in [-0.05, 0) is 32.2 Å². The Morgan fingerprint density at radius 2 is 2.12 bits per heavy atom. The molecule has 1 saturated heterocycles. The number of carbonyl (C=O) groups excluding carboxylic acids is 1. The van der Waals surface area contributed by atoms with E-state index in [1.165, 1.54) is 0 Å². The molecule has 1 aliphatic rings. The van der Waals surface area contributed by atoms with Gasteiger partial charge in [-0.25, -0.2) is 0 Å². The molecular formula is C12H22N2O3. The monoisotopic (exact) mass is 242 g/mol. The van der Waals surface area contributed by atoms with Crippen LogP contribution in [-0.2, 0) is 9.59 Å². The molecular weight excluding hydrogens is 220 g/mol. The highest BCUT2D eigenvalue weighted by Gasteiger charge is 2.19. The maximum atomic E-state index is 11.7. The highest BCUT2D eigenvalue weighted by Crippen LogP contribution is 2.09. The summed E-state index contributed by atoms with van der Waals surface area (Å²) >= 11 is 0. The fourth-order valence-corrected chi connectivity index (χ4v) is 2.01. The summed E-state index contributed by atoms with van der Waals surface area (Å²) in [6, 6.07) is 0. The Morgan fingerprint density at radius 3 is 2.76 bits per heavy atom. The lowest BCUT2D eigenvalue weighted by atomic mass is 9.99. The van der Waals surface area contributed by atoms with Crippen LogP contribution in [0.4, 0.5) is 0 Å². The van der Waals surface area contributed by atoms with Crippen molar-refractivity contribution in [3.8, 4) is 0 Å². The minimum Gasteiger partial charge on any atom is -0.481 e. The van der Waals surface area contributed by atoms with Crippen LogP contribution in [0.1, 0.15) is 38.5 Å². The first-order chi connectivity index (χ1) is 8.20. The Bertz CT molecular complexity index is 250. The fourth-order valence-electron chi connectivity index (χ4n) is 2.01. The van der Waals surface area contributed by atoms with Crippen LogP contribution in [0.3, 0.4) is 0 Å². The molecule has 1 atom stereocenters. The summed E-state index contributed by atoms with van der Waals surface area (Å²) in [6.07, 6.45) is 4.67. The molecule has 0 spiro atoms. The average Bonchev–Trinajstić information content (AvgIpc) is 2.34. The van der Waals surface area contributed by atoms with Gasteiger partial charge in [-0.2, -0.15) is 0 Å². The molecule has 0 saturated carbocycles. The average molecular weight is 242 g/mol. The molecule has 98 valence electrons. The lowest BCUT2D eigenvalue weighted by molar-refractivity contribution is -0.137. The third-order valence-corrected chi connectivity index (χ3v) is 3.03. The second-order valence-electron chi connectivity index (χ2n) is 4.54. The molecule has 1 heterocycles. The zero-order chi connectivity index (χ0) is 12.5. The molecule has 0 radical (unpaired) electrons. The van der Waals surface area contributed by atoms with Gasteiger partial charge in [-0.15, -0.1) is 0 Å². The summed E-state index contributed by atoms with van der Waals surface area (Å²) < 4.78 is 0. The van der Waals surface area contributed by atoms with Gasteiger partial charge in [-0.1, -0.05) is 6.42 Å². The highest BCUT2D eigenvalue weighted by atomic mass is 16.4. The minimum atomic E-state index is -0.748. The first-order valence-corrected chi connectivity index (χ1v) is 6.40. The van der Waals surface area contributed by atoms with Gasteiger partial charge in [0.05, 0.1) is 5.92 Å². The van der Waals surface area contributed by atoms with Crippen molar-refractivity contribution in [1.29, 1.82) is 0 Å². The van der Waals surface area contributed by atoms with E-state index >= 15 is 0 Å². The minimum absolute atomic E-state index is 0.114. The maximum absolute atomic E-state index is 11.7. The molecule has 0 aromatic heterocycles. The SMILES string of the molecule is O=C(O)CCCCCNC(=O)C1CCCNC1. The third-order valence-electron chi connectivity index (χ3n) is 3.03. The van der Waals surface area contributed by atoms with Gasteiger partial charge in [0.2, 0.25) is 5.91 Å². The largest absolute Gasteiger partial charge is 0.481 e. The van der Waals surface area contributed by atoms with E-state index < -0.39 is 5.97 Å². The molecule has 0 aromatic rings. The van der Waals surface area contributed by atoms with Crippen LogP contribution in [0, 0.1) is 5.92 Å². The van der Waals surface area contributed by atoms with Gasteiger partial charge in [0.25, 0.3) is 0 Å². The normalized spacial score (nSPS) is 19.9. The van der Waals surface area contributed by atoms with Crippen LogP contribution < -0.4 is 10.6 Å². The van der Waals surface area contributed by atoms with E-state index in [9.17, 15) is 9.59 Å². The number of piperidine rings is 1. The summed E-state index contributed by atoms with van der Waals surface area (Å²) in [7, 11) is 0. The molecule has 17 heavy (non-hydrogen) atoms. The molecule has 0 aliphatic carbocycles. The number of amides is 1. The summed E-state index contributed by atoms with van der Waals surface area (Å²) in [4.78, 5) is 22.0. The van der Waals surface area contributed by atoms with Crippen molar-refractivity contribution < 1.29 is 14.7 Å². The summed E-state index contributed by atoms with van der Waals surface area (Å²) in [5.41, 5.74) is 0. The van der Waals surface area contributed by atoms with Crippen molar-refractivity contribution in [1.82, 2.24) is 10.6 Å². The van der Waals surface area contributed by atoms with Crippen molar-refractivity contribution in [2.45, 2.75) is 38.5 Å². The highest BCUT2D eigenvalue weighted by molar-refractivity contribution is 5.78. The van der Waals surface area contributed by atoms with Gasteiger partial charge in [0.1, 0.15) is 0 Å². The maximum Gasteiger partial charge on any atom is 0.303 e. The van der Waals surface area contributed by atoms with E-state index in [2.05, 4.69) is 10.6 Å². The fraction of sp³-hybridized carbons (Fsp3) is 0.833. The molecule has 5 nitrogen and oxygen atoms in total. The number of rotatable bonds is 7. The lowest BCUT2D eigenvalue weighted by Crippen LogP contribution is -2.40. The first kappa shape index (κ1) is 14.0.